The summed E-state index contributed by atoms with van der Waals surface area (Å²) < 4.78 is 0. The lowest BCUT2D eigenvalue weighted by atomic mass is 9.80. The summed E-state index contributed by atoms with van der Waals surface area (Å²) in [4.78, 5) is 0. The Hall–Kier alpha value is 0. The lowest BCUT2D eigenvalue weighted by Crippen LogP contribution is -2.12. The molecule has 0 N–H and O–H groups in total. The van der Waals surface area contributed by atoms with Gasteiger partial charge in [-0.3, -0.25) is 0 Å². The average molecular weight is 297 g/mol. The molecule has 0 aromatic carbocycles. The van der Waals surface area contributed by atoms with Gasteiger partial charge in [-0.05, 0) is 36.0 Å². The molecule has 0 amide bonds. The maximum absolute atomic E-state index is 2.48. The molecule has 0 saturated carbocycles. The van der Waals surface area contributed by atoms with Crippen LogP contribution < -0.4 is 0 Å². The van der Waals surface area contributed by atoms with Gasteiger partial charge in [0.05, 0.1) is 0 Å². The highest BCUT2D eigenvalue weighted by Gasteiger charge is 2.17. The minimum Gasteiger partial charge on any atom is -0.0651 e. The summed E-state index contributed by atoms with van der Waals surface area (Å²) in [6, 6.07) is 0. The molecule has 0 aromatic heterocycles. The quantitative estimate of drug-likeness (QED) is 0.324. The van der Waals surface area contributed by atoms with E-state index in [1.165, 1.54) is 64.2 Å². The van der Waals surface area contributed by atoms with E-state index < -0.39 is 0 Å². The molecule has 2 unspecified atom stereocenters. The van der Waals surface area contributed by atoms with Crippen molar-refractivity contribution >= 4 is 0 Å². The standard InChI is InChI=1S/C21H44/c1-8-19(4)14-10-16-21(6,7)17-11-15-20(5)13-9-12-18(2)3/h18-20H,8-17H2,1-7H3. The summed E-state index contributed by atoms with van der Waals surface area (Å²) in [5.41, 5.74) is 0.561. The van der Waals surface area contributed by atoms with Gasteiger partial charge in [-0.15, -0.1) is 0 Å². The Morgan fingerprint density at radius 3 is 1.62 bits per heavy atom. The minimum atomic E-state index is 0.561. The molecule has 0 spiro atoms. The van der Waals surface area contributed by atoms with Crippen molar-refractivity contribution in [2.75, 3.05) is 0 Å². The maximum atomic E-state index is 2.48. The zero-order valence-corrected chi connectivity index (χ0v) is 16.3. The summed E-state index contributed by atoms with van der Waals surface area (Å²) in [7, 11) is 0. The SMILES string of the molecule is CCC(C)CCCC(C)(C)CCCC(C)CCCC(C)C. The topological polar surface area (TPSA) is 0 Å². The third-order valence-electron chi connectivity index (χ3n) is 5.28. The third-order valence-corrected chi connectivity index (χ3v) is 5.28. The van der Waals surface area contributed by atoms with Crippen LogP contribution in [0.25, 0.3) is 0 Å². The van der Waals surface area contributed by atoms with E-state index >= 15 is 0 Å². The first kappa shape index (κ1) is 21.0. The van der Waals surface area contributed by atoms with Gasteiger partial charge in [-0.2, -0.15) is 0 Å². The zero-order valence-electron chi connectivity index (χ0n) is 16.3. The lowest BCUT2D eigenvalue weighted by Gasteiger charge is -2.26. The fraction of sp³-hybridized carbons (Fsp3) is 1.00. The Bertz CT molecular complexity index is 226. The lowest BCUT2D eigenvalue weighted by molar-refractivity contribution is 0.267. The molecule has 0 nitrogen and oxygen atoms in total. The average Bonchev–Trinajstić information content (AvgIpc) is 2.37. The third kappa shape index (κ3) is 13.4. The Morgan fingerprint density at radius 1 is 0.667 bits per heavy atom. The summed E-state index contributed by atoms with van der Waals surface area (Å²) in [6.45, 7) is 16.8. The van der Waals surface area contributed by atoms with Gasteiger partial charge in [-0.25, -0.2) is 0 Å². The Morgan fingerprint density at radius 2 is 1.14 bits per heavy atom. The number of hydrogen-bond donors (Lipinski definition) is 0. The molecule has 0 radical (unpaired) electrons. The van der Waals surface area contributed by atoms with Crippen molar-refractivity contribution in [3.05, 3.63) is 0 Å². The predicted octanol–water partition coefficient (Wildman–Crippen LogP) is 7.86. The summed E-state index contributed by atoms with van der Waals surface area (Å²) in [5, 5.41) is 0. The number of rotatable bonds is 13. The second-order valence-corrected chi connectivity index (χ2v) is 8.89. The Labute approximate surface area is 136 Å². The molecule has 2 atom stereocenters. The molecule has 0 aliphatic rings. The Kier molecular flexibility index (Phi) is 11.6. The highest BCUT2D eigenvalue weighted by atomic mass is 14.2. The largest absolute Gasteiger partial charge is 0.0651 e. The highest BCUT2D eigenvalue weighted by molar-refractivity contribution is 4.70. The van der Waals surface area contributed by atoms with Gasteiger partial charge >= 0.3 is 0 Å². The van der Waals surface area contributed by atoms with Crippen molar-refractivity contribution in [3.63, 3.8) is 0 Å². The molecule has 0 aliphatic carbocycles. The summed E-state index contributed by atoms with van der Waals surface area (Å²) >= 11 is 0. The molecule has 0 heterocycles. The molecule has 0 aromatic rings. The van der Waals surface area contributed by atoms with Crippen LogP contribution in [0.4, 0.5) is 0 Å². The zero-order chi connectivity index (χ0) is 16.3. The molecule has 0 fully saturated rings. The van der Waals surface area contributed by atoms with Gasteiger partial charge in [0.2, 0.25) is 0 Å². The van der Waals surface area contributed by atoms with E-state index in [-0.39, 0.29) is 0 Å². The van der Waals surface area contributed by atoms with Crippen LogP contribution in [0.2, 0.25) is 0 Å². The normalized spacial score (nSPS) is 15.4. The first-order valence-corrected chi connectivity index (χ1v) is 9.76. The maximum Gasteiger partial charge on any atom is -0.0354 e. The van der Waals surface area contributed by atoms with Gasteiger partial charge < -0.3 is 0 Å². The molecule has 0 heteroatoms. The van der Waals surface area contributed by atoms with E-state index in [0.29, 0.717) is 5.41 Å². The first-order valence-electron chi connectivity index (χ1n) is 9.76. The van der Waals surface area contributed by atoms with Crippen LogP contribution in [0.3, 0.4) is 0 Å². The van der Waals surface area contributed by atoms with Crippen LogP contribution >= 0.6 is 0 Å². The first-order chi connectivity index (χ1) is 9.76. The summed E-state index contributed by atoms with van der Waals surface area (Å²) in [6.07, 6.45) is 14.2. The highest BCUT2D eigenvalue weighted by Crippen LogP contribution is 2.31. The molecule has 0 saturated heterocycles. The van der Waals surface area contributed by atoms with Crippen molar-refractivity contribution in [1.82, 2.24) is 0 Å². The fourth-order valence-electron chi connectivity index (χ4n) is 3.21. The van der Waals surface area contributed by atoms with Gasteiger partial charge in [0, 0.05) is 0 Å². The van der Waals surface area contributed by atoms with Crippen LogP contribution in [-0.2, 0) is 0 Å². The second-order valence-electron chi connectivity index (χ2n) is 8.89. The van der Waals surface area contributed by atoms with Gasteiger partial charge in [0.15, 0.2) is 0 Å². The smallest absolute Gasteiger partial charge is 0.0354 e. The molecular formula is C21H44. The van der Waals surface area contributed by atoms with Gasteiger partial charge in [0.1, 0.15) is 0 Å². The van der Waals surface area contributed by atoms with Crippen LogP contribution in [-0.4, -0.2) is 0 Å². The van der Waals surface area contributed by atoms with Crippen LogP contribution in [0.5, 0.6) is 0 Å². The van der Waals surface area contributed by atoms with Gasteiger partial charge in [0.25, 0.3) is 0 Å². The van der Waals surface area contributed by atoms with E-state index in [0.717, 1.165) is 17.8 Å². The van der Waals surface area contributed by atoms with Crippen LogP contribution in [0.15, 0.2) is 0 Å². The number of hydrogen-bond acceptors (Lipinski definition) is 0. The monoisotopic (exact) mass is 296 g/mol. The fourth-order valence-corrected chi connectivity index (χ4v) is 3.21. The van der Waals surface area contributed by atoms with E-state index in [1.54, 1.807) is 0 Å². The van der Waals surface area contributed by atoms with E-state index in [1.807, 2.05) is 0 Å². The minimum absolute atomic E-state index is 0.561. The predicted molar refractivity (Wildman–Crippen MR) is 98.8 cm³/mol. The summed E-state index contributed by atoms with van der Waals surface area (Å²) in [5.74, 6) is 2.73. The van der Waals surface area contributed by atoms with Gasteiger partial charge in [-0.1, -0.05) is 99.8 Å². The molecular weight excluding hydrogens is 252 g/mol. The van der Waals surface area contributed by atoms with E-state index in [2.05, 4.69) is 48.5 Å². The van der Waals surface area contributed by atoms with Crippen molar-refractivity contribution in [1.29, 1.82) is 0 Å². The molecule has 128 valence electrons. The van der Waals surface area contributed by atoms with E-state index in [4.69, 9.17) is 0 Å². The molecule has 21 heavy (non-hydrogen) atoms. The molecule has 0 rings (SSSR count). The van der Waals surface area contributed by atoms with Crippen molar-refractivity contribution in [2.24, 2.45) is 23.2 Å². The van der Waals surface area contributed by atoms with Crippen molar-refractivity contribution in [3.8, 4) is 0 Å². The van der Waals surface area contributed by atoms with Crippen LogP contribution in [0, 0.1) is 23.2 Å². The second kappa shape index (κ2) is 11.6. The Balaban J connectivity index is 3.67. The molecule has 0 bridgehead atoms. The van der Waals surface area contributed by atoms with Crippen LogP contribution in [0.1, 0.15) is 113 Å². The van der Waals surface area contributed by atoms with E-state index in [9.17, 15) is 0 Å². The molecule has 0 aliphatic heterocycles. The van der Waals surface area contributed by atoms with Crippen molar-refractivity contribution in [2.45, 2.75) is 113 Å². The van der Waals surface area contributed by atoms with Crippen molar-refractivity contribution < 1.29 is 0 Å².